The molecule has 3 N–H and O–H groups in total. The fraction of sp³-hybridized carbons (Fsp3) is 0.143. The number of halogens is 3. The summed E-state index contributed by atoms with van der Waals surface area (Å²) in [6.07, 6.45) is -3.27. The van der Waals surface area contributed by atoms with Crippen LogP contribution in [0, 0.1) is 6.92 Å². The van der Waals surface area contributed by atoms with Gasteiger partial charge in [0.1, 0.15) is 12.0 Å². The Hall–Kier alpha value is -3.37. The first-order chi connectivity index (χ1) is 11.8. The van der Waals surface area contributed by atoms with Crippen LogP contribution in [-0.2, 0) is 6.18 Å². The number of aromatic nitrogens is 4. The number of urea groups is 1. The highest BCUT2D eigenvalue weighted by Gasteiger charge is 2.30. The minimum absolute atomic E-state index is 0.0688. The number of alkyl halides is 3. The second-order valence-electron chi connectivity index (χ2n) is 5.06. The Bertz CT molecular complexity index is 1010. The first kappa shape index (κ1) is 16.5. The largest absolute Gasteiger partial charge is 0.416 e. The van der Waals surface area contributed by atoms with Gasteiger partial charge in [-0.05, 0) is 25.1 Å². The lowest BCUT2D eigenvalue weighted by atomic mass is 10.2. The molecule has 2 amide bonds. The standard InChI is InChI=1S/C14H11F3N6O2/c1-7-10(11(24)23-12(20-7)18-6-19-23)22-13(25)21-9-4-2-3-8(5-9)14(15,16)17/h2-6H,1H3,(H,18,19,20)(H2,21,22,25). The van der Waals surface area contributed by atoms with E-state index >= 15 is 0 Å². The Kier molecular flexibility index (Phi) is 3.91. The smallest absolute Gasteiger partial charge is 0.308 e. The minimum Gasteiger partial charge on any atom is -0.308 e. The predicted molar refractivity (Wildman–Crippen MR) is 82.4 cm³/mol. The molecule has 0 saturated carbocycles. The van der Waals surface area contributed by atoms with Gasteiger partial charge in [-0.15, -0.1) is 0 Å². The number of amides is 2. The lowest BCUT2D eigenvalue weighted by molar-refractivity contribution is -0.137. The zero-order valence-corrected chi connectivity index (χ0v) is 12.7. The van der Waals surface area contributed by atoms with Gasteiger partial charge in [-0.3, -0.25) is 9.89 Å². The number of nitrogens with zero attached hydrogens (tertiary/aromatic N) is 3. The molecule has 0 saturated heterocycles. The number of carbonyl (C=O) groups is 1. The van der Waals surface area contributed by atoms with E-state index in [1.54, 1.807) is 0 Å². The lowest BCUT2D eigenvalue weighted by Gasteiger charge is -2.11. The van der Waals surface area contributed by atoms with Crippen molar-refractivity contribution in [2.75, 3.05) is 10.6 Å². The van der Waals surface area contributed by atoms with E-state index in [2.05, 4.69) is 25.7 Å². The van der Waals surface area contributed by atoms with Crippen LogP contribution in [0.5, 0.6) is 0 Å². The molecule has 0 atom stereocenters. The van der Waals surface area contributed by atoms with Crippen molar-refractivity contribution in [2.45, 2.75) is 13.1 Å². The third-order valence-electron chi connectivity index (χ3n) is 3.30. The molecular weight excluding hydrogens is 341 g/mol. The molecule has 3 rings (SSSR count). The maximum atomic E-state index is 12.7. The van der Waals surface area contributed by atoms with Gasteiger partial charge in [-0.25, -0.2) is 14.8 Å². The predicted octanol–water partition coefficient (Wildman–Crippen LogP) is 2.39. The minimum atomic E-state index is -4.53. The molecule has 0 bridgehead atoms. The zero-order valence-electron chi connectivity index (χ0n) is 12.7. The molecular formula is C14H11F3N6O2. The molecule has 0 fully saturated rings. The first-order valence-electron chi connectivity index (χ1n) is 6.94. The summed E-state index contributed by atoms with van der Waals surface area (Å²) < 4.78 is 39.1. The molecule has 130 valence electrons. The summed E-state index contributed by atoms with van der Waals surface area (Å²) in [5, 5.41) is 7.08. The molecule has 0 aliphatic heterocycles. The van der Waals surface area contributed by atoms with E-state index in [1.807, 2.05) is 0 Å². The Balaban J connectivity index is 1.83. The van der Waals surface area contributed by atoms with Crippen LogP contribution in [0.1, 0.15) is 11.3 Å². The van der Waals surface area contributed by atoms with E-state index < -0.39 is 23.3 Å². The maximum absolute atomic E-state index is 12.7. The number of aryl methyl sites for hydroxylation is 1. The highest BCUT2D eigenvalue weighted by atomic mass is 19.4. The average Bonchev–Trinajstić information content (AvgIpc) is 2.99. The number of benzene rings is 1. The van der Waals surface area contributed by atoms with Crippen molar-refractivity contribution in [3.63, 3.8) is 0 Å². The van der Waals surface area contributed by atoms with Crippen LogP contribution in [0.15, 0.2) is 35.4 Å². The quantitative estimate of drug-likeness (QED) is 0.659. The van der Waals surface area contributed by atoms with Gasteiger partial charge in [0.2, 0.25) is 0 Å². The summed E-state index contributed by atoms with van der Waals surface area (Å²) in [5.41, 5.74) is -1.47. The van der Waals surface area contributed by atoms with Crippen LogP contribution in [-0.4, -0.2) is 25.6 Å². The van der Waals surface area contributed by atoms with Crippen LogP contribution in [0.2, 0.25) is 0 Å². The number of hydrogen-bond acceptors (Lipinski definition) is 4. The highest BCUT2D eigenvalue weighted by Crippen LogP contribution is 2.30. The van der Waals surface area contributed by atoms with Gasteiger partial charge in [0.25, 0.3) is 11.3 Å². The van der Waals surface area contributed by atoms with Crippen LogP contribution >= 0.6 is 0 Å². The van der Waals surface area contributed by atoms with Gasteiger partial charge in [-0.1, -0.05) is 6.07 Å². The topological polar surface area (TPSA) is 104 Å². The Morgan fingerprint density at radius 1 is 1.28 bits per heavy atom. The Labute approximate surface area is 137 Å². The zero-order chi connectivity index (χ0) is 18.2. The van der Waals surface area contributed by atoms with Gasteiger partial charge >= 0.3 is 12.2 Å². The second-order valence-corrected chi connectivity index (χ2v) is 5.06. The van der Waals surface area contributed by atoms with Crippen molar-refractivity contribution in [2.24, 2.45) is 0 Å². The van der Waals surface area contributed by atoms with E-state index in [0.717, 1.165) is 22.7 Å². The number of anilines is 2. The van der Waals surface area contributed by atoms with E-state index in [-0.39, 0.29) is 22.8 Å². The van der Waals surface area contributed by atoms with Crippen molar-refractivity contribution < 1.29 is 18.0 Å². The maximum Gasteiger partial charge on any atom is 0.416 e. The fourth-order valence-electron chi connectivity index (χ4n) is 2.15. The summed E-state index contributed by atoms with van der Waals surface area (Å²) in [7, 11) is 0. The van der Waals surface area contributed by atoms with E-state index in [4.69, 9.17) is 0 Å². The van der Waals surface area contributed by atoms with Gasteiger partial charge in [0.15, 0.2) is 0 Å². The SMILES string of the molecule is Cc1nc2nc[nH]n2c(=O)c1NC(=O)Nc1cccc(C(F)(F)F)c1. The molecule has 2 aromatic heterocycles. The van der Waals surface area contributed by atoms with Gasteiger partial charge in [0.05, 0.1) is 11.3 Å². The van der Waals surface area contributed by atoms with Gasteiger partial charge in [0, 0.05) is 5.69 Å². The molecule has 0 spiro atoms. The molecule has 0 aliphatic rings. The summed E-state index contributed by atoms with van der Waals surface area (Å²) in [4.78, 5) is 32.1. The third kappa shape index (κ3) is 3.29. The first-order valence-corrected chi connectivity index (χ1v) is 6.94. The molecule has 0 unspecified atom stereocenters. The highest BCUT2D eigenvalue weighted by molar-refractivity contribution is 6.00. The van der Waals surface area contributed by atoms with Crippen molar-refractivity contribution >= 4 is 23.2 Å². The average molecular weight is 352 g/mol. The number of nitrogens with one attached hydrogen (secondary N) is 3. The fourth-order valence-corrected chi connectivity index (χ4v) is 2.15. The van der Waals surface area contributed by atoms with Crippen molar-refractivity contribution in [3.8, 4) is 0 Å². The Morgan fingerprint density at radius 3 is 2.76 bits per heavy atom. The van der Waals surface area contributed by atoms with E-state index in [9.17, 15) is 22.8 Å². The second kappa shape index (κ2) is 5.92. The summed E-state index contributed by atoms with van der Waals surface area (Å²) in [5.74, 6) is 0.131. The molecule has 11 heteroatoms. The normalized spacial score (nSPS) is 11.5. The van der Waals surface area contributed by atoms with Gasteiger partial charge < -0.3 is 10.6 Å². The lowest BCUT2D eigenvalue weighted by Crippen LogP contribution is -2.28. The van der Waals surface area contributed by atoms with Crippen molar-refractivity contribution in [1.82, 2.24) is 19.6 Å². The number of H-pyrrole nitrogens is 1. The number of aromatic amines is 1. The van der Waals surface area contributed by atoms with Crippen molar-refractivity contribution in [3.05, 3.63) is 52.2 Å². The van der Waals surface area contributed by atoms with Gasteiger partial charge in [-0.2, -0.15) is 17.7 Å². The molecule has 0 aliphatic carbocycles. The molecule has 8 nitrogen and oxygen atoms in total. The molecule has 2 heterocycles. The van der Waals surface area contributed by atoms with Crippen LogP contribution < -0.4 is 16.2 Å². The molecule has 25 heavy (non-hydrogen) atoms. The number of rotatable bonds is 2. The van der Waals surface area contributed by atoms with Crippen molar-refractivity contribution in [1.29, 1.82) is 0 Å². The van der Waals surface area contributed by atoms with E-state index in [0.29, 0.717) is 0 Å². The number of hydrogen-bond donors (Lipinski definition) is 3. The van der Waals surface area contributed by atoms with E-state index in [1.165, 1.54) is 19.3 Å². The number of fused-ring (bicyclic) bond motifs is 1. The molecule has 0 radical (unpaired) electrons. The Morgan fingerprint density at radius 2 is 2.04 bits per heavy atom. The van der Waals surface area contributed by atoms with Crippen LogP contribution in [0.3, 0.4) is 0 Å². The third-order valence-corrected chi connectivity index (χ3v) is 3.30. The number of carbonyl (C=O) groups excluding carboxylic acids is 1. The monoisotopic (exact) mass is 352 g/mol. The summed E-state index contributed by atoms with van der Waals surface area (Å²) in [6, 6.07) is 3.26. The van der Waals surface area contributed by atoms with Crippen LogP contribution in [0.25, 0.3) is 5.78 Å². The summed E-state index contributed by atoms with van der Waals surface area (Å²) >= 11 is 0. The molecule has 3 aromatic rings. The van der Waals surface area contributed by atoms with Crippen LogP contribution in [0.4, 0.5) is 29.3 Å². The molecule has 1 aromatic carbocycles. The summed E-state index contributed by atoms with van der Waals surface area (Å²) in [6.45, 7) is 1.50.